The summed E-state index contributed by atoms with van der Waals surface area (Å²) in [5.74, 6) is 2.63. The number of terminal acetylenes is 1. The summed E-state index contributed by atoms with van der Waals surface area (Å²) >= 11 is 0. The predicted molar refractivity (Wildman–Crippen MR) is 48.2 cm³/mol. The van der Waals surface area contributed by atoms with E-state index in [0.29, 0.717) is 0 Å². The highest BCUT2D eigenvalue weighted by atomic mass is 15.1. The second-order valence-corrected chi connectivity index (χ2v) is 3.65. The third kappa shape index (κ3) is 2.00. The maximum Gasteiger partial charge on any atom is 0.0687 e. The Morgan fingerprint density at radius 1 is 1.50 bits per heavy atom. The molecule has 1 rings (SSSR count). The molecule has 1 aliphatic rings. The lowest BCUT2D eigenvalue weighted by Gasteiger charge is -2.33. The lowest BCUT2D eigenvalue weighted by Crippen LogP contribution is -2.38. The summed E-state index contributed by atoms with van der Waals surface area (Å²) in [6, 6.07) is 2.36. The molecule has 0 unspecified atom stereocenters. The van der Waals surface area contributed by atoms with Crippen molar-refractivity contribution < 1.29 is 0 Å². The molecule has 2 heteroatoms. The van der Waals surface area contributed by atoms with Crippen LogP contribution >= 0.6 is 0 Å². The molecule has 0 bridgehead atoms. The second kappa shape index (κ2) is 3.61. The van der Waals surface area contributed by atoms with Crippen LogP contribution in [0.5, 0.6) is 0 Å². The highest BCUT2D eigenvalue weighted by molar-refractivity contribution is 5.00. The molecular formula is C10H14N2. The highest BCUT2D eigenvalue weighted by Crippen LogP contribution is 2.29. The van der Waals surface area contributed by atoms with E-state index in [2.05, 4.69) is 16.9 Å². The van der Waals surface area contributed by atoms with Crippen LogP contribution in [0.3, 0.4) is 0 Å². The SMILES string of the molecule is C#CCN1CCC(C)(C#N)CC1. The van der Waals surface area contributed by atoms with Crippen LogP contribution in [0.2, 0.25) is 0 Å². The molecule has 0 radical (unpaired) electrons. The molecule has 64 valence electrons. The smallest absolute Gasteiger partial charge is 0.0687 e. The Morgan fingerprint density at radius 3 is 2.50 bits per heavy atom. The summed E-state index contributed by atoms with van der Waals surface area (Å²) < 4.78 is 0. The number of likely N-dealkylation sites (tertiary alicyclic amines) is 1. The van der Waals surface area contributed by atoms with E-state index in [4.69, 9.17) is 11.7 Å². The van der Waals surface area contributed by atoms with Gasteiger partial charge in [-0.15, -0.1) is 6.42 Å². The molecule has 0 aromatic carbocycles. The van der Waals surface area contributed by atoms with E-state index in [1.807, 2.05) is 6.92 Å². The Kier molecular flexibility index (Phi) is 2.74. The van der Waals surface area contributed by atoms with Crippen molar-refractivity contribution in [3.8, 4) is 18.4 Å². The Balaban J connectivity index is 2.41. The van der Waals surface area contributed by atoms with Gasteiger partial charge in [-0.25, -0.2) is 0 Å². The van der Waals surface area contributed by atoms with Crippen molar-refractivity contribution in [1.29, 1.82) is 5.26 Å². The molecule has 0 aliphatic carbocycles. The van der Waals surface area contributed by atoms with Crippen LogP contribution < -0.4 is 0 Å². The quantitative estimate of drug-likeness (QED) is 0.542. The van der Waals surface area contributed by atoms with Gasteiger partial charge in [-0.1, -0.05) is 5.92 Å². The molecule has 0 N–H and O–H groups in total. The van der Waals surface area contributed by atoms with Gasteiger partial charge in [-0.05, 0) is 19.8 Å². The first-order valence-electron chi connectivity index (χ1n) is 4.27. The molecule has 1 fully saturated rings. The number of hydrogen-bond donors (Lipinski definition) is 0. The van der Waals surface area contributed by atoms with E-state index in [1.165, 1.54) is 0 Å². The fourth-order valence-corrected chi connectivity index (χ4v) is 1.45. The predicted octanol–water partition coefficient (Wildman–Crippen LogP) is 1.25. The number of nitrogens with zero attached hydrogens (tertiary/aromatic N) is 2. The molecule has 12 heavy (non-hydrogen) atoms. The Morgan fingerprint density at radius 2 is 2.08 bits per heavy atom. The summed E-state index contributed by atoms with van der Waals surface area (Å²) in [6.45, 7) is 4.68. The first kappa shape index (κ1) is 9.10. The summed E-state index contributed by atoms with van der Waals surface area (Å²) in [5.41, 5.74) is -0.106. The average molecular weight is 162 g/mol. The van der Waals surface area contributed by atoms with Gasteiger partial charge in [0.05, 0.1) is 18.0 Å². The second-order valence-electron chi connectivity index (χ2n) is 3.65. The third-order valence-corrected chi connectivity index (χ3v) is 2.54. The topological polar surface area (TPSA) is 27.0 Å². The fraction of sp³-hybridized carbons (Fsp3) is 0.700. The van der Waals surface area contributed by atoms with E-state index in [1.54, 1.807) is 0 Å². The molecule has 1 heterocycles. The minimum atomic E-state index is -0.106. The maximum absolute atomic E-state index is 8.86. The van der Waals surface area contributed by atoms with Gasteiger partial charge in [-0.3, -0.25) is 4.90 Å². The zero-order chi connectivity index (χ0) is 9.03. The van der Waals surface area contributed by atoms with Crippen LogP contribution in [0, 0.1) is 29.1 Å². The molecule has 0 aromatic heterocycles. The number of nitriles is 1. The average Bonchev–Trinajstić information content (AvgIpc) is 2.10. The molecule has 0 aromatic rings. The van der Waals surface area contributed by atoms with Crippen molar-refractivity contribution in [3.63, 3.8) is 0 Å². The molecule has 0 atom stereocenters. The minimum Gasteiger partial charge on any atom is -0.292 e. The standard InChI is InChI=1S/C10H14N2/c1-3-6-12-7-4-10(2,9-11)5-8-12/h1H,4-8H2,2H3. The van der Waals surface area contributed by atoms with Crippen LogP contribution in [0.25, 0.3) is 0 Å². The van der Waals surface area contributed by atoms with Crippen LogP contribution in [-0.2, 0) is 0 Å². The van der Waals surface area contributed by atoms with Gasteiger partial charge in [0.1, 0.15) is 0 Å². The van der Waals surface area contributed by atoms with Gasteiger partial charge in [0, 0.05) is 13.1 Å². The van der Waals surface area contributed by atoms with Crippen LogP contribution in [0.15, 0.2) is 0 Å². The van der Waals surface area contributed by atoms with Gasteiger partial charge in [-0.2, -0.15) is 5.26 Å². The molecular weight excluding hydrogens is 148 g/mol. The number of rotatable bonds is 1. The van der Waals surface area contributed by atoms with E-state index in [-0.39, 0.29) is 5.41 Å². The van der Waals surface area contributed by atoms with Crippen molar-refractivity contribution in [3.05, 3.63) is 0 Å². The van der Waals surface area contributed by atoms with Gasteiger partial charge >= 0.3 is 0 Å². The van der Waals surface area contributed by atoms with Crippen molar-refractivity contribution in [2.24, 2.45) is 5.41 Å². The molecule has 1 saturated heterocycles. The van der Waals surface area contributed by atoms with Gasteiger partial charge in [0.25, 0.3) is 0 Å². The highest BCUT2D eigenvalue weighted by Gasteiger charge is 2.29. The summed E-state index contributed by atoms with van der Waals surface area (Å²) in [4.78, 5) is 2.22. The molecule has 1 aliphatic heterocycles. The van der Waals surface area contributed by atoms with Gasteiger partial charge in [0.15, 0.2) is 0 Å². The molecule has 0 saturated carbocycles. The van der Waals surface area contributed by atoms with E-state index in [9.17, 15) is 0 Å². The molecule has 0 spiro atoms. The summed E-state index contributed by atoms with van der Waals surface area (Å²) in [7, 11) is 0. The van der Waals surface area contributed by atoms with E-state index >= 15 is 0 Å². The Hall–Kier alpha value is -0.990. The van der Waals surface area contributed by atoms with Crippen molar-refractivity contribution in [2.75, 3.05) is 19.6 Å². The zero-order valence-electron chi connectivity index (χ0n) is 7.51. The van der Waals surface area contributed by atoms with E-state index < -0.39 is 0 Å². The third-order valence-electron chi connectivity index (χ3n) is 2.54. The number of hydrogen-bond acceptors (Lipinski definition) is 2. The van der Waals surface area contributed by atoms with Crippen molar-refractivity contribution >= 4 is 0 Å². The van der Waals surface area contributed by atoms with Gasteiger partial charge in [0.2, 0.25) is 0 Å². The maximum atomic E-state index is 8.86. The van der Waals surface area contributed by atoms with Crippen molar-refractivity contribution in [1.82, 2.24) is 4.90 Å². The first-order chi connectivity index (χ1) is 5.70. The lowest BCUT2D eigenvalue weighted by molar-refractivity contribution is 0.172. The molecule has 0 amide bonds. The lowest BCUT2D eigenvalue weighted by atomic mass is 9.82. The largest absolute Gasteiger partial charge is 0.292 e. The van der Waals surface area contributed by atoms with Gasteiger partial charge < -0.3 is 0 Å². The monoisotopic (exact) mass is 162 g/mol. The first-order valence-corrected chi connectivity index (χ1v) is 4.27. The van der Waals surface area contributed by atoms with Crippen LogP contribution in [0.4, 0.5) is 0 Å². The summed E-state index contributed by atoms with van der Waals surface area (Å²) in [5, 5.41) is 8.86. The summed E-state index contributed by atoms with van der Waals surface area (Å²) in [6.07, 6.45) is 7.10. The van der Waals surface area contributed by atoms with Crippen molar-refractivity contribution in [2.45, 2.75) is 19.8 Å². The van der Waals surface area contributed by atoms with E-state index in [0.717, 1.165) is 32.5 Å². The molecule has 2 nitrogen and oxygen atoms in total. The Bertz CT molecular complexity index is 223. The van der Waals surface area contributed by atoms with Crippen LogP contribution in [-0.4, -0.2) is 24.5 Å². The minimum absolute atomic E-state index is 0.106. The number of piperidine rings is 1. The normalized spacial score (nSPS) is 22.6. The van der Waals surface area contributed by atoms with Crippen LogP contribution in [0.1, 0.15) is 19.8 Å². The zero-order valence-corrected chi connectivity index (χ0v) is 7.51. The fourth-order valence-electron chi connectivity index (χ4n) is 1.45. The Labute approximate surface area is 74.2 Å².